The fourth-order valence-corrected chi connectivity index (χ4v) is 2.01. The number of hydrogen-bond acceptors (Lipinski definition) is 4. The lowest BCUT2D eigenvalue weighted by molar-refractivity contribution is 0.0963. The maximum Gasteiger partial charge on any atom is 0.251 e. The highest BCUT2D eigenvalue weighted by molar-refractivity contribution is 5.96. The van der Waals surface area contributed by atoms with Gasteiger partial charge in [0.2, 0.25) is 0 Å². The lowest BCUT2D eigenvalue weighted by Crippen LogP contribution is -2.35. The molecule has 0 spiro atoms. The molecule has 5 heteroatoms. The highest BCUT2D eigenvalue weighted by atomic mass is 16.3. The average molecular weight is 279 g/mol. The summed E-state index contributed by atoms with van der Waals surface area (Å²) in [5, 5.41) is 15.1. The molecule has 0 aliphatic heterocycles. The minimum Gasteiger partial charge on any atom is -0.397 e. The van der Waals surface area contributed by atoms with Crippen LogP contribution in [0.15, 0.2) is 18.2 Å². The highest BCUT2D eigenvalue weighted by Gasteiger charge is 2.24. The SMILES string of the molecule is CNC(=O)c1ccc(N)c(NC(CCO)C(C)(C)C)c1. The minimum atomic E-state index is -0.150. The van der Waals surface area contributed by atoms with Crippen LogP contribution in [0.3, 0.4) is 0 Å². The minimum absolute atomic E-state index is 0.0296. The number of anilines is 2. The van der Waals surface area contributed by atoms with E-state index in [9.17, 15) is 9.90 Å². The van der Waals surface area contributed by atoms with Crippen LogP contribution in [0.25, 0.3) is 0 Å². The Balaban J connectivity index is 3.02. The molecule has 0 heterocycles. The van der Waals surface area contributed by atoms with Gasteiger partial charge in [-0.25, -0.2) is 0 Å². The zero-order valence-corrected chi connectivity index (χ0v) is 12.7. The number of benzene rings is 1. The number of hydrogen-bond donors (Lipinski definition) is 4. The zero-order chi connectivity index (χ0) is 15.3. The van der Waals surface area contributed by atoms with E-state index in [-0.39, 0.29) is 24.0 Å². The molecule has 1 rings (SSSR count). The molecule has 0 aliphatic rings. The summed E-state index contributed by atoms with van der Waals surface area (Å²) in [6, 6.07) is 5.21. The first kappa shape index (κ1) is 16.3. The molecule has 0 saturated heterocycles. The third-order valence-corrected chi connectivity index (χ3v) is 3.34. The maximum atomic E-state index is 11.7. The molecule has 0 radical (unpaired) electrons. The van der Waals surface area contributed by atoms with Crippen molar-refractivity contribution in [3.63, 3.8) is 0 Å². The Hall–Kier alpha value is -1.75. The number of aliphatic hydroxyl groups is 1. The average Bonchev–Trinajstić information content (AvgIpc) is 2.38. The Morgan fingerprint density at radius 3 is 2.55 bits per heavy atom. The van der Waals surface area contributed by atoms with Gasteiger partial charge in [-0.15, -0.1) is 0 Å². The van der Waals surface area contributed by atoms with Crippen molar-refractivity contribution >= 4 is 17.3 Å². The van der Waals surface area contributed by atoms with Crippen LogP contribution in [-0.4, -0.2) is 30.7 Å². The number of aliphatic hydroxyl groups excluding tert-OH is 1. The standard InChI is InChI=1S/C15H25N3O2/c1-15(2,3)13(7-8-19)18-12-9-10(14(20)17-4)5-6-11(12)16/h5-6,9,13,18-19H,7-8,16H2,1-4H3,(H,17,20). The summed E-state index contributed by atoms with van der Waals surface area (Å²) in [4.78, 5) is 11.7. The predicted molar refractivity (Wildman–Crippen MR) is 82.8 cm³/mol. The Morgan fingerprint density at radius 2 is 2.05 bits per heavy atom. The molecule has 20 heavy (non-hydrogen) atoms. The third-order valence-electron chi connectivity index (χ3n) is 3.34. The first-order valence-electron chi connectivity index (χ1n) is 6.78. The van der Waals surface area contributed by atoms with E-state index in [1.54, 1.807) is 25.2 Å². The van der Waals surface area contributed by atoms with Crippen molar-refractivity contribution in [2.75, 3.05) is 24.7 Å². The summed E-state index contributed by atoms with van der Waals surface area (Å²) in [7, 11) is 1.59. The van der Waals surface area contributed by atoms with E-state index in [0.29, 0.717) is 17.7 Å². The van der Waals surface area contributed by atoms with Gasteiger partial charge in [0, 0.05) is 25.3 Å². The quantitative estimate of drug-likeness (QED) is 0.619. The normalized spacial score (nSPS) is 12.8. The van der Waals surface area contributed by atoms with E-state index in [0.717, 1.165) is 5.69 Å². The van der Waals surface area contributed by atoms with Crippen LogP contribution in [0.2, 0.25) is 0 Å². The van der Waals surface area contributed by atoms with Crippen molar-refractivity contribution in [3.8, 4) is 0 Å². The third kappa shape index (κ3) is 4.13. The largest absolute Gasteiger partial charge is 0.397 e. The Bertz CT molecular complexity index is 467. The lowest BCUT2D eigenvalue weighted by Gasteiger charge is -2.32. The number of amides is 1. The Morgan fingerprint density at radius 1 is 1.40 bits per heavy atom. The first-order chi connectivity index (χ1) is 9.29. The summed E-state index contributed by atoms with van der Waals surface area (Å²) in [6.07, 6.45) is 0.618. The molecular weight excluding hydrogens is 254 g/mol. The van der Waals surface area contributed by atoms with Gasteiger partial charge in [-0.05, 0) is 30.0 Å². The topological polar surface area (TPSA) is 87.4 Å². The predicted octanol–water partition coefficient (Wildman–Crippen LogP) is 1.84. The number of nitrogens with one attached hydrogen (secondary N) is 2. The number of nitrogens with two attached hydrogens (primary N) is 1. The van der Waals surface area contributed by atoms with E-state index < -0.39 is 0 Å². The van der Waals surface area contributed by atoms with Crippen molar-refractivity contribution in [2.45, 2.75) is 33.2 Å². The van der Waals surface area contributed by atoms with Crippen molar-refractivity contribution in [1.29, 1.82) is 0 Å². The second-order valence-corrected chi connectivity index (χ2v) is 5.96. The van der Waals surface area contributed by atoms with Gasteiger partial charge in [-0.1, -0.05) is 20.8 Å². The zero-order valence-electron chi connectivity index (χ0n) is 12.7. The van der Waals surface area contributed by atoms with Gasteiger partial charge in [0.05, 0.1) is 11.4 Å². The molecule has 1 aromatic carbocycles. The molecule has 0 fully saturated rings. The molecule has 0 aromatic heterocycles. The second-order valence-electron chi connectivity index (χ2n) is 5.96. The molecule has 1 amide bonds. The molecule has 1 aromatic rings. The number of nitrogen functional groups attached to an aromatic ring is 1. The van der Waals surface area contributed by atoms with Crippen LogP contribution < -0.4 is 16.4 Å². The number of carbonyl (C=O) groups is 1. The van der Waals surface area contributed by atoms with E-state index in [1.165, 1.54) is 0 Å². The summed E-state index contributed by atoms with van der Waals surface area (Å²) >= 11 is 0. The molecule has 0 bridgehead atoms. The van der Waals surface area contributed by atoms with E-state index in [4.69, 9.17) is 5.73 Å². The maximum absolute atomic E-state index is 11.7. The van der Waals surface area contributed by atoms with Gasteiger partial charge in [0.15, 0.2) is 0 Å². The van der Waals surface area contributed by atoms with Crippen LogP contribution in [0.5, 0.6) is 0 Å². The Labute approximate surface area is 120 Å². The van der Waals surface area contributed by atoms with Gasteiger partial charge >= 0.3 is 0 Å². The van der Waals surface area contributed by atoms with Gasteiger partial charge in [0.1, 0.15) is 0 Å². The fraction of sp³-hybridized carbons (Fsp3) is 0.533. The first-order valence-corrected chi connectivity index (χ1v) is 6.78. The monoisotopic (exact) mass is 279 g/mol. The Kier molecular flexibility index (Phi) is 5.39. The van der Waals surface area contributed by atoms with Gasteiger partial charge in [-0.2, -0.15) is 0 Å². The van der Waals surface area contributed by atoms with Crippen molar-refractivity contribution in [3.05, 3.63) is 23.8 Å². The van der Waals surface area contributed by atoms with Crippen LogP contribution in [0.1, 0.15) is 37.6 Å². The molecule has 5 N–H and O–H groups in total. The highest BCUT2D eigenvalue weighted by Crippen LogP contribution is 2.28. The molecule has 1 unspecified atom stereocenters. The molecule has 5 nitrogen and oxygen atoms in total. The summed E-state index contributed by atoms with van der Waals surface area (Å²) in [5.41, 5.74) is 7.80. The number of rotatable bonds is 5. The van der Waals surface area contributed by atoms with Gasteiger partial charge in [-0.3, -0.25) is 4.79 Å². The summed E-state index contributed by atoms with van der Waals surface area (Å²) in [5.74, 6) is -0.150. The van der Waals surface area contributed by atoms with E-state index in [2.05, 4.69) is 31.4 Å². The fourth-order valence-electron chi connectivity index (χ4n) is 2.01. The summed E-state index contributed by atoms with van der Waals surface area (Å²) < 4.78 is 0. The van der Waals surface area contributed by atoms with Crippen molar-refractivity contribution < 1.29 is 9.90 Å². The second kappa shape index (κ2) is 6.61. The van der Waals surface area contributed by atoms with Crippen molar-refractivity contribution in [2.24, 2.45) is 5.41 Å². The molecule has 112 valence electrons. The molecule has 1 atom stereocenters. The number of carbonyl (C=O) groups excluding carboxylic acids is 1. The molecule has 0 saturated carbocycles. The van der Waals surface area contributed by atoms with E-state index in [1.807, 2.05) is 0 Å². The smallest absolute Gasteiger partial charge is 0.251 e. The summed E-state index contributed by atoms with van der Waals surface area (Å²) in [6.45, 7) is 6.39. The van der Waals surface area contributed by atoms with Gasteiger partial charge < -0.3 is 21.5 Å². The van der Waals surface area contributed by atoms with Gasteiger partial charge in [0.25, 0.3) is 5.91 Å². The van der Waals surface area contributed by atoms with Crippen LogP contribution >= 0.6 is 0 Å². The van der Waals surface area contributed by atoms with E-state index >= 15 is 0 Å². The van der Waals surface area contributed by atoms with Crippen LogP contribution in [0.4, 0.5) is 11.4 Å². The van der Waals surface area contributed by atoms with Crippen molar-refractivity contribution in [1.82, 2.24) is 5.32 Å². The van der Waals surface area contributed by atoms with Crippen LogP contribution in [0, 0.1) is 5.41 Å². The molecule has 0 aliphatic carbocycles. The lowest BCUT2D eigenvalue weighted by atomic mass is 9.84. The molecular formula is C15H25N3O2. The van der Waals surface area contributed by atoms with Crippen LogP contribution in [-0.2, 0) is 0 Å².